The van der Waals surface area contributed by atoms with Crippen LogP contribution in [0.25, 0.3) is 21.7 Å². The summed E-state index contributed by atoms with van der Waals surface area (Å²) in [6.07, 6.45) is -0.472. The number of amides is 18. The van der Waals surface area contributed by atoms with Gasteiger partial charge in [0.05, 0.1) is 32.6 Å². The van der Waals surface area contributed by atoms with E-state index in [0.717, 1.165) is 51.3 Å². The van der Waals surface area contributed by atoms with Gasteiger partial charge in [-0.1, -0.05) is 100 Å². The number of carbonyl (C=O) groups is 18. The summed E-state index contributed by atoms with van der Waals surface area (Å²) in [6.45, 7) is 12.1. The van der Waals surface area contributed by atoms with Gasteiger partial charge in [-0.25, -0.2) is 0 Å². The molecule has 41 nitrogen and oxygen atoms in total. The van der Waals surface area contributed by atoms with Gasteiger partial charge >= 0.3 is 0 Å². The van der Waals surface area contributed by atoms with Crippen molar-refractivity contribution in [2.45, 2.75) is 240 Å². The van der Waals surface area contributed by atoms with E-state index in [1.165, 1.54) is 68.1 Å². The number of primary amides is 3. The Morgan fingerprint density at radius 2 is 1.17 bits per heavy atom. The van der Waals surface area contributed by atoms with Gasteiger partial charge in [-0.2, -0.15) is 0 Å². The number of aliphatic hydroxyl groups is 1. The summed E-state index contributed by atoms with van der Waals surface area (Å²) in [5.74, 6) is -16.6. The number of aryl methyl sites for hydroxylation is 1. The molecule has 6 aromatic rings. The molecule has 18 amide bonds. The fraction of sp³-hybridized carbons (Fsp3) is 0.489. The van der Waals surface area contributed by atoms with Crippen molar-refractivity contribution in [3.63, 3.8) is 0 Å². The fourth-order valence-electron chi connectivity index (χ4n) is 15.5. The minimum absolute atomic E-state index is 0.105. The number of carbonyl (C=O) groups excluding carboxylic acids is 18. The number of rotatable bonds is 40. The Labute approximate surface area is 788 Å². The predicted octanol–water partition coefficient (Wildman–Crippen LogP) is -1.04. The lowest BCUT2D eigenvalue weighted by Crippen LogP contribution is -2.67. The standard InChI is InChI=1S/C92H124N20O21S2/c1-50-20-18-24-62-60(48-99-74(50)62)44-67-81(123)101-63(25-14-16-36-97-52(3)114)79(121)110-77(91(8,9)135-134-90(6,7)76(100-54(5)116)86(128)106-69(46-72(94)118)83(125)109-75(51(2)113)85(127)104-67)87(129)105-65(41-55-28-31-61(132-11)32-29-55)80(122)102-66(42-56-27-30-58-22-12-13-23-59(58)40-56)84(126)111-92(33-38-133-39-34-92)89(131)108-64(26-15-17-37-98-53(4)115)78(120)103-68(45-71(93)117)82(124)107-70(43-57-21-19-35-96-47-57)88(130)112(10)49-73(95)119/h12-13,18-24,27-32,35,40,47-48,51,63-70,75-77,99,113H,14-17,25-26,33-34,36-39,41-46,49H2,1-11H3,(H2,93,117)(H2,94,118)(H2,95,119)(H,97,114)(H,98,115)(H,100,116)(H,101,123)(H,102,122)(H,103,120)(H,104,127)(H,105,129)(H,106,128)(H,107,124)(H,108,131)(H,109,125)(H,110,121)(H,111,126)/t51-,63+,64+,65+,66+,67+,68+,69+,70+,75+,76-,77-/m1/s1. The summed E-state index contributed by atoms with van der Waals surface area (Å²) in [5, 5.41) is 51.1. The normalized spacial score (nSPS) is 19.5. The summed E-state index contributed by atoms with van der Waals surface area (Å²) in [4.78, 5) is 267. The van der Waals surface area contributed by atoms with Gasteiger partial charge in [-0.15, -0.1) is 0 Å². The quantitative estimate of drug-likeness (QED) is 0.0161. The highest BCUT2D eigenvalue weighted by Gasteiger charge is 2.49. The van der Waals surface area contributed by atoms with E-state index in [0.29, 0.717) is 44.3 Å². The van der Waals surface area contributed by atoms with Crippen LogP contribution >= 0.6 is 21.6 Å². The highest BCUT2D eigenvalue weighted by Crippen LogP contribution is 2.47. The minimum Gasteiger partial charge on any atom is -0.497 e. The maximum absolute atomic E-state index is 16.4. The van der Waals surface area contributed by atoms with Crippen LogP contribution in [0.4, 0.5) is 0 Å². The number of aliphatic hydroxyl groups excluding tert-OH is 1. The second kappa shape index (κ2) is 50.2. The summed E-state index contributed by atoms with van der Waals surface area (Å²) in [6, 6.07) is 8.53. The third-order valence-electron chi connectivity index (χ3n) is 22.9. The van der Waals surface area contributed by atoms with Crippen LogP contribution in [0.1, 0.15) is 147 Å². The van der Waals surface area contributed by atoms with Crippen LogP contribution in [0.5, 0.6) is 5.75 Å². The number of para-hydroxylation sites is 1. The van der Waals surface area contributed by atoms with Gasteiger partial charge in [0.1, 0.15) is 77.7 Å². The topological polar surface area (TPSA) is 624 Å². The number of likely N-dealkylation sites (N-methyl/N-ethyl adjacent to an activating group) is 1. The molecule has 0 saturated carbocycles. The molecule has 8 rings (SSSR count). The number of unbranched alkanes of at least 4 members (excludes halogenated alkanes) is 2. The second-order valence-corrected chi connectivity index (χ2v) is 38.2. The molecule has 2 aliphatic heterocycles. The number of hydrogen-bond acceptors (Lipinski definition) is 24. The molecule has 2 aliphatic rings. The number of pyridine rings is 1. The third kappa shape index (κ3) is 32.2. The summed E-state index contributed by atoms with van der Waals surface area (Å²) >= 11 is 0. The van der Waals surface area contributed by atoms with E-state index in [4.69, 9.17) is 26.7 Å². The smallest absolute Gasteiger partial charge is 0.246 e. The Morgan fingerprint density at radius 1 is 0.585 bits per heavy atom. The van der Waals surface area contributed by atoms with Gasteiger partial charge < -0.3 is 116 Å². The van der Waals surface area contributed by atoms with E-state index >= 15 is 33.6 Å². The van der Waals surface area contributed by atoms with Crippen molar-refractivity contribution in [2.75, 3.05) is 47.0 Å². The Balaban J connectivity index is 1.22. The molecule has 22 N–H and O–H groups in total. The first kappa shape index (κ1) is 107. The van der Waals surface area contributed by atoms with Crippen molar-refractivity contribution in [1.29, 1.82) is 0 Å². The fourth-order valence-corrected chi connectivity index (χ4v) is 18.3. The molecular formula is C92H124N20O21S2. The highest BCUT2D eigenvalue weighted by molar-refractivity contribution is 8.77. The van der Waals surface area contributed by atoms with Crippen LogP contribution in [0.3, 0.4) is 0 Å². The summed E-state index contributed by atoms with van der Waals surface area (Å²) in [7, 11) is 4.50. The Hall–Kier alpha value is -13.3. The zero-order valence-corrected chi connectivity index (χ0v) is 79.0. The summed E-state index contributed by atoms with van der Waals surface area (Å²) in [5.41, 5.74) is 18.1. The number of hydrogen-bond donors (Lipinski definition) is 19. The number of fused-ring (bicyclic) bond motifs is 2. The number of nitrogens with one attached hydrogen (secondary N) is 15. The van der Waals surface area contributed by atoms with Crippen LogP contribution in [-0.2, 0) is 117 Å². The third-order valence-corrected chi connectivity index (χ3v) is 27.1. The van der Waals surface area contributed by atoms with Gasteiger partial charge in [0.25, 0.3) is 0 Å². The first-order valence-corrected chi connectivity index (χ1v) is 46.4. The first-order valence-electron chi connectivity index (χ1n) is 44.3. The molecule has 2 fully saturated rings. The molecule has 0 aliphatic carbocycles. The van der Waals surface area contributed by atoms with E-state index in [1.807, 2.05) is 31.2 Å². The highest BCUT2D eigenvalue weighted by atomic mass is 33.1. The molecule has 4 aromatic carbocycles. The van der Waals surface area contributed by atoms with Gasteiger partial charge in [0.2, 0.25) is 106 Å². The lowest BCUT2D eigenvalue weighted by atomic mass is 9.87. The average molecular weight is 1910 g/mol. The Morgan fingerprint density at radius 3 is 1.80 bits per heavy atom. The first-order chi connectivity index (χ1) is 63.9. The zero-order chi connectivity index (χ0) is 99.2. The molecule has 0 radical (unpaired) electrons. The van der Waals surface area contributed by atoms with E-state index in [2.05, 4.69) is 84.4 Å². The van der Waals surface area contributed by atoms with Crippen molar-refractivity contribution < 1.29 is 101 Å². The second-order valence-electron chi connectivity index (χ2n) is 34.8. The Bertz CT molecular complexity index is 5290. The maximum atomic E-state index is 16.4. The number of aromatic nitrogens is 2. The molecule has 12 atom stereocenters. The minimum atomic E-state index is -2.01. The van der Waals surface area contributed by atoms with Crippen molar-refractivity contribution in [1.82, 2.24) is 89.3 Å². The zero-order valence-electron chi connectivity index (χ0n) is 77.4. The van der Waals surface area contributed by atoms with E-state index < -0.39 is 201 Å². The molecular weight excluding hydrogens is 1790 g/mol. The molecule has 4 heterocycles. The lowest BCUT2D eigenvalue weighted by Gasteiger charge is -2.39. The SMILES string of the molecule is COc1ccc(C[C@H](NC(=O)[C@H]2NC(=O)[C@H](CCCCNC(C)=O)NC(=O)[C@H](Cc3c[nH]c4c(C)cccc34)NC(=O)[C@H]([C@@H](C)O)NC(=O)[C@H](CC(N)=O)NC(=O)[C@@H](NC(C)=O)C(C)(C)SSC2(C)C)C(=O)N[C@@H](Cc2ccc3ccccc3c2)C(=O)NC2(C(=O)N[C@@H](CCCCNC(C)=O)C(=O)N[C@@H](CC(N)=O)C(=O)N[C@@H](Cc3cccnc3)C(=O)N(C)CC(N)=O)CCOCC2)cc1. The van der Waals surface area contributed by atoms with Gasteiger partial charge in [-0.3, -0.25) is 91.3 Å². The number of H-pyrrole nitrogens is 1. The number of ether oxygens (including phenoxy) is 2. The van der Waals surface area contributed by atoms with E-state index in [-0.39, 0.29) is 115 Å². The maximum Gasteiger partial charge on any atom is 0.246 e. The van der Waals surface area contributed by atoms with Crippen LogP contribution in [-0.4, -0.2) is 261 Å². The molecule has 730 valence electrons. The largest absolute Gasteiger partial charge is 0.497 e. The van der Waals surface area contributed by atoms with Crippen LogP contribution < -0.4 is 96.4 Å². The van der Waals surface area contributed by atoms with E-state index in [1.54, 1.807) is 79.0 Å². The molecule has 0 spiro atoms. The predicted molar refractivity (Wildman–Crippen MR) is 501 cm³/mol. The molecule has 2 saturated heterocycles. The van der Waals surface area contributed by atoms with E-state index in [9.17, 15) is 57.8 Å². The molecule has 2 aromatic heterocycles. The lowest BCUT2D eigenvalue weighted by molar-refractivity contribution is -0.141. The van der Waals surface area contributed by atoms with Crippen molar-refractivity contribution in [2.24, 2.45) is 17.2 Å². The van der Waals surface area contributed by atoms with Crippen molar-refractivity contribution in [3.05, 3.63) is 143 Å². The van der Waals surface area contributed by atoms with Crippen LogP contribution in [0, 0.1) is 6.92 Å². The van der Waals surface area contributed by atoms with Gasteiger partial charge in [0.15, 0.2) is 0 Å². The molecule has 0 unspecified atom stereocenters. The summed E-state index contributed by atoms with van der Waals surface area (Å²) < 4.78 is 8.07. The molecule has 43 heteroatoms. The Kier molecular flexibility index (Phi) is 39.8. The van der Waals surface area contributed by atoms with Crippen LogP contribution in [0.15, 0.2) is 116 Å². The monoisotopic (exact) mass is 1910 g/mol. The molecule has 135 heavy (non-hydrogen) atoms. The van der Waals surface area contributed by atoms with Crippen molar-refractivity contribution in [3.8, 4) is 5.75 Å². The average Bonchev–Trinajstić information content (AvgIpc) is 1.57. The van der Waals surface area contributed by atoms with Gasteiger partial charge in [-0.05, 0) is 137 Å². The number of benzene rings is 4. The number of aromatic amines is 1. The number of nitrogens with zero attached hydrogens (tertiary/aromatic N) is 2. The number of methoxy groups -OCH3 is 1. The number of nitrogens with two attached hydrogens (primary N) is 3. The molecule has 0 bridgehead atoms. The van der Waals surface area contributed by atoms with Crippen molar-refractivity contribution >= 4 is 150 Å². The van der Waals surface area contributed by atoms with Gasteiger partial charge in [0, 0.05) is 132 Å². The van der Waals surface area contributed by atoms with Crippen LogP contribution in [0.2, 0.25) is 0 Å².